The van der Waals surface area contributed by atoms with Crippen LogP contribution >= 0.6 is 27.5 Å². The number of alkyl halides is 1. The standard InChI is InChI=1S/C16H10BrClFNO/c17-13-6-5-11(8-14(13)19)21-16-7-10(9-18)20-15-4-2-1-3-12(15)16/h1-8H,9H2. The Kier molecular flexibility index (Phi) is 4.08. The summed E-state index contributed by atoms with van der Waals surface area (Å²) in [7, 11) is 0. The van der Waals surface area contributed by atoms with Crippen molar-refractivity contribution in [1.82, 2.24) is 4.98 Å². The second-order valence-corrected chi connectivity index (χ2v) is 5.56. The summed E-state index contributed by atoms with van der Waals surface area (Å²) in [5, 5.41) is 0.856. The third-order valence-electron chi connectivity index (χ3n) is 2.99. The average molecular weight is 367 g/mol. The molecule has 0 unspecified atom stereocenters. The fourth-order valence-corrected chi connectivity index (χ4v) is 2.40. The Balaban J connectivity index is 2.08. The van der Waals surface area contributed by atoms with E-state index in [1.54, 1.807) is 18.2 Å². The highest BCUT2D eigenvalue weighted by molar-refractivity contribution is 9.10. The molecule has 21 heavy (non-hydrogen) atoms. The Morgan fingerprint density at radius 1 is 1.14 bits per heavy atom. The summed E-state index contributed by atoms with van der Waals surface area (Å²) >= 11 is 8.98. The van der Waals surface area contributed by atoms with Gasteiger partial charge in [0.2, 0.25) is 0 Å². The quantitative estimate of drug-likeness (QED) is 0.557. The molecule has 0 aliphatic carbocycles. The zero-order chi connectivity index (χ0) is 14.8. The van der Waals surface area contributed by atoms with Gasteiger partial charge in [0.15, 0.2) is 0 Å². The molecule has 0 fully saturated rings. The number of hydrogen-bond donors (Lipinski definition) is 0. The second-order valence-electron chi connectivity index (χ2n) is 4.44. The molecule has 0 saturated heterocycles. The van der Waals surface area contributed by atoms with Gasteiger partial charge < -0.3 is 4.74 Å². The van der Waals surface area contributed by atoms with E-state index in [0.717, 1.165) is 10.9 Å². The summed E-state index contributed by atoms with van der Waals surface area (Å²) in [4.78, 5) is 4.43. The van der Waals surface area contributed by atoms with Crippen LogP contribution in [-0.4, -0.2) is 4.98 Å². The van der Waals surface area contributed by atoms with E-state index >= 15 is 0 Å². The van der Waals surface area contributed by atoms with Crippen LogP contribution in [0.1, 0.15) is 5.69 Å². The highest BCUT2D eigenvalue weighted by Gasteiger charge is 2.09. The van der Waals surface area contributed by atoms with E-state index < -0.39 is 0 Å². The first-order chi connectivity index (χ1) is 10.2. The van der Waals surface area contributed by atoms with Gasteiger partial charge in [-0.2, -0.15) is 0 Å². The van der Waals surface area contributed by atoms with Crippen LogP contribution in [-0.2, 0) is 5.88 Å². The smallest absolute Gasteiger partial charge is 0.141 e. The monoisotopic (exact) mass is 365 g/mol. The molecule has 5 heteroatoms. The molecule has 1 aromatic heterocycles. The van der Waals surface area contributed by atoms with Gasteiger partial charge in [0.25, 0.3) is 0 Å². The Morgan fingerprint density at radius 2 is 1.95 bits per heavy atom. The average Bonchev–Trinajstić information content (AvgIpc) is 2.51. The molecule has 0 spiro atoms. The molecular formula is C16H10BrClFNO. The Morgan fingerprint density at radius 3 is 2.71 bits per heavy atom. The van der Waals surface area contributed by atoms with Crippen LogP contribution in [0.3, 0.4) is 0 Å². The molecule has 2 nitrogen and oxygen atoms in total. The van der Waals surface area contributed by atoms with Gasteiger partial charge in [0.05, 0.1) is 21.6 Å². The maximum absolute atomic E-state index is 13.6. The summed E-state index contributed by atoms with van der Waals surface area (Å²) in [5.74, 6) is 0.949. The summed E-state index contributed by atoms with van der Waals surface area (Å²) < 4.78 is 19.8. The molecule has 0 bridgehead atoms. The third kappa shape index (κ3) is 3.01. The Labute approximate surface area is 134 Å². The minimum Gasteiger partial charge on any atom is -0.456 e. The summed E-state index contributed by atoms with van der Waals surface area (Å²) in [5.41, 5.74) is 1.51. The van der Waals surface area contributed by atoms with Crippen molar-refractivity contribution < 1.29 is 9.13 Å². The molecule has 0 aliphatic heterocycles. The second kappa shape index (κ2) is 6.00. The third-order valence-corrected chi connectivity index (χ3v) is 3.90. The zero-order valence-electron chi connectivity index (χ0n) is 10.8. The molecule has 0 N–H and O–H groups in total. The van der Waals surface area contributed by atoms with Crippen molar-refractivity contribution in [1.29, 1.82) is 0 Å². The molecule has 1 heterocycles. The van der Waals surface area contributed by atoms with Crippen LogP contribution in [0, 0.1) is 5.82 Å². The van der Waals surface area contributed by atoms with Crippen molar-refractivity contribution in [3.63, 3.8) is 0 Å². The molecule has 0 atom stereocenters. The fraction of sp³-hybridized carbons (Fsp3) is 0.0625. The number of pyridine rings is 1. The van der Waals surface area contributed by atoms with Gasteiger partial charge in [-0.1, -0.05) is 12.1 Å². The van der Waals surface area contributed by atoms with E-state index in [4.69, 9.17) is 16.3 Å². The van der Waals surface area contributed by atoms with Crippen molar-refractivity contribution >= 4 is 38.4 Å². The van der Waals surface area contributed by atoms with E-state index in [1.165, 1.54) is 6.07 Å². The van der Waals surface area contributed by atoms with Gasteiger partial charge in [-0.25, -0.2) is 4.39 Å². The van der Waals surface area contributed by atoms with E-state index in [9.17, 15) is 4.39 Å². The van der Waals surface area contributed by atoms with Gasteiger partial charge >= 0.3 is 0 Å². The first-order valence-electron chi connectivity index (χ1n) is 6.25. The normalized spacial score (nSPS) is 10.8. The van der Waals surface area contributed by atoms with Crippen LogP contribution < -0.4 is 4.74 Å². The van der Waals surface area contributed by atoms with E-state index in [0.29, 0.717) is 21.7 Å². The molecule has 2 aromatic carbocycles. The van der Waals surface area contributed by atoms with Crippen LogP contribution in [0.5, 0.6) is 11.5 Å². The first-order valence-corrected chi connectivity index (χ1v) is 7.57. The lowest BCUT2D eigenvalue weighted by atomic mass is 10.2. The molecule has 106 valence electrons. The van der Waals surface area contributed by atoms with Crippen molar-refractivity contribution in [3.05, 3.63) is 64.5 Å². The van der Waals surface area contributed by atoms with E-state index in [-0.39, 0.29) is 11.7 Å². The van der Waals surface area contributed by atoms with Crippen molar-refractivity contribution in [2.75, 3.05) is 0 Å². The highest BCUT2D eigenvalue weighted by atomic mass is 79.9. The van der Waals surface area contributed by atoms with Crippen LogP contribution in [0.4, 0.5) is 4.39 Å². The predicted molar refractivity (Wildman–Crippen MR) is 85.5 cm³/mol. The van der Waals surface area contributed by atoms with Crippen molar-refractivity contribution in [2.45, 2.75) is 5.88 Å². The van der Waals surface area contributed by atoms with Crippen LogP contribution in [0.2, 0.25) is 0 Å². The maximum atomic E-state index is 13.6. The SMILES string of the molecule is Fc1cc(Oc2cc(CCl)nc3ccccc23)ccc1Br. The molecule has 0 saturated carbocycles. The molecular weight excluding hydrogens is 357 g/mol. The summed E-state index contributed by atoms with van der Waals surface area (Å²) in [6.45, 7) is 0. The summed E-state index contributed by atoms with van der Waals surface area (Å²) in [6, 6.07) is 14.0. The minimum absolute atomic E-state index is 0.288. The van der Waals surface area contributed by atoms with Gasteiger partial charge in [0, 0.05) is 17.5 Å². The van der Waals surface area contributed by atoms with Gasteiger partial charge in [0.1, 0.15) is 17.3 Å². The molecule has 0 aliphatic rings. The van der Waals surface area contributed by atoms with Crippen LogP contribution in [0.25, 0.3) is 10.9 Å². The van der Waals surface area contributed by atoms with Crippen molar-refractivity contribution in [3.8, 4) is 11.5 Å². The van der Waals surface area contributed by atoms with E-state index in [2.05, 4.69) is 20.9 Å². The number of fused-ring (bicyclic) bond motifs is 1. The Bertz CT molecular complexity index is 809. The number of para-hydroxylation sites is 1. The van der Waals surface area contributed by atoms with Crippen LogP contribution in [0.15, 0.2) is 53.0 Å². The fourth-order valence-electron chi connectivity index (χ4n) is 2.02. The lowest BCUT2D eigenvalue weighted by Crippen LogP contribution is -1.92. The summed E-state index contributed by atoms with van der Waals surface area (Å²) in [6.07, 6.45) is 0. The number of benzene rings is 2. The number of aromatic nitrogens is 1. The Hall–Kier alpha value is -1.65. The highest BCUT2D eigenvalue weighted by Crippen LogP contribution is 2.31. The number of rotatable bonds is 3. The molecule has 3 rings (SSSR count). The molecule has 3 aromatic rings. The zero-order valence-corrected chi connectivity index (χ0v) is 13.2. The number of nitrogens with zero attached hydrogens (tertiary/aromatic N) is 1. The number of halogens is 3. The molecule has 0 radical (unpaired) electrons. The maximum Gasteiger partial charge on any atom is 0.141 e. The van der Waals surface area contributed by atoms with Gasteiger partial charge in [-0.05, 0) is 40.2 Å². The van der Waals surface area contributed by atoms with E-state index in [1.807, 2.05) is 24.3 Å². The predicted octanol–water partition coefficient (Wildman–Crippen LogP) is 5.67. The lowest BCUT2D eigenvalue weighted by molar-refractivity contribution is 0.480. The van der Waals surface area contributed by atoms with Crippen molar-refractivity contribution in [2.24, 2.45) is 0 Å². The lowest BCUT2D eigenvalue weighted by Gasteiger charge is -2.10. The largest absolute Gasteiger partial charge is 0.456 e. The van der Waals surface area contributed by atoms with Gasteiger partial charge in [-0.3, -0.25) is 4.98 Å². The first kappa shape index (κ1) is 14.3. The number of ether oxygens (including phenoxy) is 1. The minimum atomic E-state index is -0.372. The molecule has 0 amide bonds. The number of hydrogen-bond acceptors (Lipinski definition) is 2. The van der Waals surface area contributed by atoms with Gasteiger partial charge in [-0.15, -0.1) is 11.6 Å². The topological polar surface area (TPSA) is 22.1 Å².